The maximum Gasteiger partial charge on any atom is 0.313 e. The predicted molar refractivity (Wildman–Crippen MR) is 139 cm³/mol. The number of carbonyl (C=O) groups is 5. The van der Waals surface area contributed by atoms with Crippen LogP contribution in [0.2, 0.25) is 0 Å². The quantitative estimate of drug-likeness (QED) is 0.122. The summed E-state index contributed by atoms with van der Waals surface area (Å²) in [5, 5.41) is 11.4. The van der Waals surface area contributed by atoms with Crippen molar-refractivity contribution in [2.75, 3.05) is 41.1 Å². The lowest BCUT2D eigenvalue weighted by atomic mass is 10.1. The van der Waals surface area contributed by atoms with Gasteiger partial charge in [0.25, 0.3) is 0 Å². The van der Waals surface area contributed by atoms with Crippen molar-refractivity contribution in [3.63, 3.8) is 0 Å². The molecular weight excluding hydrogens is 498 g/mol. The van der Waals surface area contributed by atoms with Crippen LogP contribution in [0.3, 0.4) is 0 Å². The summed E-state index contributed by atoms with van der Waals surface area (Å²) in [6.45, 7) is 2.48. The van der Waals surface area contributed by atoms with Gasteiger partial charge in [-0.15, -0.1) is 0 Å². The van der Waals surface area contributed by atoms with Crippen LogP contribution in [0.5, 0.6) is 5.75 Å². The second-order valence-corrected chi connectivity index (χ2v) is 8.33. The number of aliphatic hydroxyl groups excluding tert-OH is 1. The summed E-state index contributed by atoms with van der Waals surface area (Å²) in [5.74, 6) is -1.74. The molecule has 0 aliphatic carbocycles. The first-order valence-corrected chi connectivity index (χ1v) is 12.5. The molecule has 0 unspecified atom stereocenters. The largest absolute Gasteiger partial charge is 0.492 e. The number of methoxy groups -OCH3 is 3. The zero-order valence-electron chi connectivity index (χ0n) is 22.8. The van der Waals surface area contributed by atoms with E-state index in [4.69, 9.17) is 9.84 Å². The second kappa shape index (κ2) is 21.7. The highest BCUT2D eigenvalue weighted by Crippen LogP contribution is 2.14. The molecule has 0 saturated heterocycles. The Morgan fingerprint density at radius 3 is 1.89 bits per heavy atom. The summed E-state index contributed by atoms with van der Waals surface area (Å²) in [7, 11) is 3.81. The standard InChI is InChI=1S/C20H31NO5.C7H10O5/c1-4-5-6-7-16-8-10-18(11-9-16)26-13-12-21-17(14-19(22)24-2)15-20(23)25-3;1-12-7(11)3-5(9)2-6(10)4-8/h8-11,17,21H,4-7,12-15H2,1-3H3;8H,2-4H2,1H3. The molecule has 0 fully saturated rings. The molecule has 11 heteroatoms. The van der Waals surface area contributed by atoms with Crippen molar-refractivity contribution >= 4 is 29.5 Å². The lowest BCUT2D eigenvalue weighted by Crippen LogP contribution is -2.36. The Kier molecular flexibility index (Phi) is 19.9. The first-order chi connectivity index (χ1) is 18.2. The van der Waals surface area contributed by atoms with Crippen LogP contribution in [0.4, 0.5) is 0 Å². The predicted octanol–water partition coefficient (Wildman–Crippen LogP) is 1.95. The molecule has 0 amide bonds. The smallest absolute Gasteiger partial charge is 0.313 e. The van der Waals surface area contributed by atoms with Crippen molar-refractivity contribution < 1.29 is 48.0 Å². The zero-order valence-corrected chi connectivity index (χ0v) is 22.8. The third-order valence-corrected chi connectivity index (χ3v) is 5.22. The molecule has 214 valence electrons. The van der Waals surface area contributed by atoms with Crippen LogP contribution in [-0.4, -0.2) is 81.7 Å². The third kappa shape index (κ3) is 18.0. The number of hydrogen-bond acceptors (Lipinski definition) is 11. The molecule has 38 heavy (non-hydrogen) atoms. The SMILES string of the molecule is CCCCCc1ccc(OCCNC(CC(=O)OC)CC(=O)OC)cc1.COC(=O)CC(=O)CC(=O)CO. The number of Topliss-reactive ketones (excluding diaryl/α,β-unsaturated/α-hetero) is 2. The van der Waals surface area contributed by atoms with E-state index in [9.17, 15) is 24.0 Å². The fraction of sp³-hybridized carbons (Fsp3) is 0.593. The van der Waals surface area contributed by atoms with Gasteiger partial charge in [-0.25, -0.2) is 0 Å². The summed E-state index contributed by atoms with van der Waals surface area (Å²) in [5.41, 5.74) is 1.32. The molecule has 0 heterocycles. The van der Waals surface area contributed by atoms with Crippen molar-refractivity contribution in [1.82, 2.24) is 5.32 Å². The zero-order chi connectivity index (χ0) is 28.8. The number of carbonyl (C=O) groups excluding carboxylic acids is 5. The van der Waals surface area contributed by atoms with Crippen molar-refractivity contribution in [3.8, 4) is 5.75 Å². The van der Waals surface area contributed by atoms with Crippen molar-refractivity contribution in [1.29, 1.82) is 0 Å². The Labute approximate surface area is 224 Å². The van der Waals surface area contributed by atoms with E-state index in [1.807, 2.05) is 12.1 Å². The van der Waals surface area contributed by atoms with E-state index in [1.54, 1.807) is 0 Å². The number of benzene rings is 1. The Morgan fingerprint density at radius 2 is 1.39 bits per heavy atom. The summed E-state index contributed by atoms with van der Waals surface area (Å²) in [4.78, 5) is 54.5. The number of hydrogen-bond donors (Lipinski definition) is 2. The van der Waals surface area contributed by atoms with Gasteiger partial charge in [0, 0.05) is 12.6 Å². The van der Waals surface area contributed by atoms with Gasteiger partial charge in [-0.3, -0.25) is 24.0 Å². The molecule has 0 spiro atoms. The van der Waals surface area contributed by atoms with Gasteiger partial charge in [-0.1, -0.05) is 31.9 Å². The Morgan fingerprint density at radius 1 is 0.816 bits per heavy atom. The van der Waals surface area contributed by atoms with Crippen LogP contribution in [0.25, 0.3) is 0 Å². The average molecular weight is 540 g/mol. The van der Waals surface area contributed by atoms with Crippen molar-refractivity contribution in [3.05, 3.63) is 29.8 Å². The normalized spacial score (nSPS) is 10.2. The Hall–Kier alpha value is -3.31. The summed E-state index contributed by atoms with van der Waals surface area (Å²) in [6, 6.07) is 7.80. The third-order valence-electron chi connectivity index (χ3n) is 5.22. The van der Waals surface area contributed by atoms with E-state index in [0.29, 0.717) is 13.2 Å². The molecule has 2 N–H and O–H groups in total. The lowest BCUT2D eigenvalue weighted by Gasteiger charge is -2.16. The van der Waals surface area contributed by atoms with Gasteiger partial charge < -0.3 is 29.4 Å². The van der Waals surface area contributed by atoms with E-state index in [1.165, 1.54) is 39.0 Å². The minimum Gasteiger partial charge on any atom is -0.492 e. The number of rotatable bonds is 18. The molecule has 0 aliphatic rings. The van der Waals surface area contributed by atoms with E-state index in [2.05, 4.69) is 38.6 Å². The molecular formula is C27H41NO10. The van der Waals surface area contributed by atoms with Crippen LogP contribution < -0.4 is 10.1 Å². The van der Waals surface area contributed by atoms with Crippen LogP contribution in [0.1, 0.15) is 57.4 Å². The van der Waals surface area contributed by atoms with E-state index >= 15 is 0 Å². The molecule has 1 aromatic rings. The Balaban J connectivity index is 0.000000958. The van der Waals surface area contributed by atoms with Gasteiger partial charge in [0.1, 0.15) is 25.4 Å². The number of esters is 3. The van der Waals surface area contributed by atoms with Crippen molar-refractivity contribution in [2.24, 2.45) is 0 Å². The number of nitrogens with one attached hydrogen (secondary N) is 1. The summed E-state index contributed by atoms with van der Waals surface area (Å²) < 4.78 is 19.2. The maximum absolute atomic E-state index is 11.4. The number of ketones is 2. The van der Waals surface area contributed by atoms with Gasteiger partial charge in [-0.2, -0.15) is 0 Å². The van der Waals surface area contributed by atoms with Crippen LogP contribution >= 0.6 is 0 Å². The highest BCUT2D eigenvalue weighted by molar-refractivity contribution is 6.05. The molecule has 0 aromatic heterocycles. The molecule has 11 nitrogen and oxygen atoms in total. The first-order valence-electron chi connectivity index (χ1n) is 12.5. The van der Waals surface area contributed by atoms with E-state index in [-0.39, 0.29) is 30.8 Å². The van der Waals surface area contributed by atoms with Gasteiger partial charge in [0.15, 0.2) is 11.6 Å². The molecule has 0 aliphatic heterocycles. The number of aliphatic hydroxyl groups is 1. The van der Waals surface area contributed by atoms with Crippen LogP contribution in [0, 0.1) is 0 Å². The molecule has 1 aromatic carbocycles. The van der Waals surface area contributed by atoms with Crippen LogP contribution in [0.15, 0.2) is 24.3 Å². The minimum absolute atomic E-state index is 0.109. The fourth-order valence-electron chi connectivity index (χ4n) is 3.12. The summed E-state index contributed by atoms with van der Waals surface area (Å²) >= 11 is 0. The van der Waals surface area contributed by atoms with Crippen molar-refractivity contribution in [2.45, 2.75) is 64.3 Å². The highest BCUT2D eigenvalue weighted by atomic mass is 16.5. The number of ether oxygens (including phenoxy) is 4. The number of unbranched alkanes of at least 4 members (excludes halogenated alkanes) is 2. The monoisotopic (exact) mass is 539 g/mol. The average Bonchev–Trinajstić information content (AvgIpc) is 2.91. The maximum atomic E-state index is 11.4. The second-order valence-electron chi connectivity index (χ2n) is 8.33. The fourth-order valence-corrected chi connectivity index (χ4v) is 3.12. The first kappa shape index (κ1) is 34.7. The molecule has 0 saturated carbocycles. The lowest BCUT2D eigenvalue weighted by molar-refractivity contribution is -0.145. The Bertz CT molecular complexity index is 816. The number of aryl methyl sites for hydroxylation is 1. The van der Waals surface area contributed by atoms with E-state index < -0.39 is 37.0 Å². The van der Waals surface area contributed by atoms with E-state index in [0.717, 1.165) is 19.3 Å². The highest BCUT2D eigenvalue weighted by Gasteiger charge is 2.18. The molecule has 0 bridgehead atoms. The molecule has 0 radical (unpaired) electrons. The minimum atomic E-state index is -0.675. The summed E-state index contributed by atoms with van der Waals surface area (Å²) in [6.07, 6.45) is 4.17. The molecule has 1 rings (SSSR count). The topological polar surface area (TPSA) is 155 Å². The van der Waals surface area contributed by atoms with Gasteiger partial charge in [0.2, 0.25) is 0 Å². The van der Waals surface area contributed by atoms with Gasteiger partial charge in [0.05, 0.1) is 40.6 Å². The van der Waals surface area contributed by atoms with Gasteiger partial charge in [-0.05, 0) is 30.5 Å². The van der Waals surface area contributed by atoms with Crippen LogP contribution in [-0.2, 0) is 44.6 Å². The van der Waals surface area contributed by atoms with Gasteiger partial charge >= 0.3 is 17.9 Å². The molecule has 0 atom stereocenters.